The molecule has 1 aromatic carbocycles. The first-order valence-electron chi connectivity index (χ1n) is 5.25. The van der Waals surface area contributed by atoms with E-state index in [1.54, 1.807) is 0 Å². The number of aromatic carboxylic acids is 1. The minimum atomic E-state index is -4.64. The van der Waals surface area contributed by atoms with Crippen molar-refractivity contribution >= 4 is 23.0 Å². The molecule has 0 bridgehead atoms. The van der Waals surface area contributed by atoms with Crippen LogP contribution in [0.4, 0.5) is 18.9 Å². The Morgan fingerprint density at radius 1 is 1.38 bits per heavy atom. The van der Waals surface area contributed by atoms with Crippen LogP contribution in [0.25, 0.3) is 10.4 Å². The highest BCUT2D eigenvalue weighted by Gasteiger charge is 2.35. The van der Waals surface area contributed by atoms with Crippen LogP contribution in [0.3, 0.4) is 0 Å². The van der Waals surface area contributed by atoms with E-state index in [9.17, 15) is 28.1 Å². The van der Waals surface area contributed by atoms with E-state index in [0.717, 1.165) is 24.4 Å². The van der Waals surface area contributed by atoms with Crippen molar-refractivity contribution < 1.29 is 28.0 Å². The van der Waals surface area contributed by atoms with Crippen LogP contribution in [0.5, 0.6) is 0 Å². The van der Waals surface area contributed by atoms with Crippen LogP contribution in [0.1, 0.15) is 15.4 Å². The molecule has 0 aliphatic rings. The lowest BCUT2D eigenvalue weighted by molar-refractivity contribution is -0.384. The lowest BCUT2D eigenvalue weighted by atomic mass is 10.1. The van der Waals surface area contributed by atoms with Crippen LogP contribution in [0.15, 0.2) is 24.4 Å². The van der Waals surface area contributed by atoms with E-state index in [4.69, 9.17) is 5.11 Å². The second kappa shape index (κ2) is 5.13. The molecule has 0 unspecified atom stereocenters. The van der Waals surface area contributed by atoms with Crippen molar-refractivity contribution in [3.05, 3.63) is 45.1 Å². The number of rotatable bonds is 3. The topological polar surface area (TPSA) is 93.3 Å². The van der Waals surface area contributed by atoms with Gasteiger partial charge in [0.05, 0.1) is 20.9 Å². The molecule has 0 aliphatic carbocycles. The van der Waals surface area contributed by atoms with Crippen molar-refractivity contribution in [2.45, 2.75) is 6.18 Å². The number of nitro groups is 1. The van der Waals surface area contributed by atoms with Gasteiger partial charge in [0.1, 0.15) is 0 Å². The number of hydrogen-bond acceptors (Lipinski definition) is 5. The Morgan fingerprint density at radius 2 is 2.05 bits per heavy atom. The number of nitro benzene ring substituents is 1. The van der Waals surface area contributed by atoms with E-state index in [0.29, 0.717) is 0 Å². The molecule has 110 valence electrons. The maximum atomic E-state index is 12.5. The first kappa shape index (κ1) is 14.9. The van der Waals surface area contributed by atoms with Crippen LogP contribution in [-0.4, -0.2) is 21.0 Å². The summed E-state index contributed by atoms with van der Waals surface area (Å²) in [5.41, 5.74) is -1.03. The van der Waals surface area contributed by atoms with Gasteiger partial charge in [-0.25, -0.2) is 9.78 Å². The Bertz CT molecular complexity index is 726. The molecule has 0 aliphatic heterocycles. The lowest BCUT2D eigenvalue weighted by Crippen LogP contribution is -2.02. The van der Waals surface area contributed by atoms with Crippen molar-refractivity contribution in [3.63, 3.8) is 0 Å². The third-order valence-electron chi connectivity index (χ3n) is 2.46. The highest BCUT2D eigenvalue weighted by Crippen LogP contribution is 2.39. The summed E-state index contributed by atoms with van der Waals surface area (Å²) in [6.45, 7) is 0. The van der Waals surface area contributed by atoms with Crippen molar-refractivity contribution in [2.75, 3.05) is 0 Å². The molecule has 1 aromatic heterocycles. The van der Waals surface area contributed by atoms with E-state index in [1.807, 2.05) is 0 Å². The number of carbonyl (C=O) groups is 1. The van der Waals surface area contributed by atoms with Gasteiger partial charge in [0, 0.05) is 12.3 Å². The quantitative estimate of drug-likeness (QED) is 0.691. The molecule has 0 amide bonds. The summed E-state index contributed by atoms with van der Waals surface area (Å²) in [6, 6.07) is 2.97. The second-order valence-electron chi connectivity index (χ2n) is 3.82. The summed E-state index contributed by atoms with van der Waals surface area (Å²) in [7, 11) is 0. The van der Waals surface area contributed by atoms with Gasteiger partial charge in [-0.05, 0) is 12.1 Å². The number of hydrogen-bond donors (Lipinski definition) is 1. The van der Waals surface area contributed by atoms with Crippen molar-refractivity contribution in [2.24, 2.45) is 0 Å². The molecule has 21 heavy (non-hydrogen) atoms. The van der Waals surface area contributed by atoms with Gasteiger partial charge >= 0.3 is 12.1 Å². The molecule has 0 fully saturated rings. The summed E-state index contributed by atoms with van der Waals surface area (Å²) < 4.78 is 37.4. The molecule has 2 rings (SSSR count). The number of carboxylic acids is 1. The molecule has 0 saturated heterocycles. The van der Waals surface area contributed by atoms with Gasteiger partial charge in [0.25, 0.3) is 5.69 Å². The Morgan fingerprint density at radius 3 is 2.52 bits per heavy atom. The number of halogens is 3. The van der Waals surface area contributed by atoms with Crippen LogP contribution >= 0.6 is 11.3 Å². The lowest BCUT2D eigenvalue weighted by Gasteiger charge is -2.02. The van der Waals surface area contributed by atoms with Gasteiger partial charge in [-0.3, -0.25) is 10.1 Å². The number of aromatic nitrogens is 1. The normalized spacial score (nSPS) is 11.4. The Kier molecular flexibility index (Phi) is 3.64. The van der Waals surface area contributed by atoms with Crippen LogP contribution in [0.2, 0.25) is 0 Å². The standard InChI is InChI=1S/C11H5F3N2O4S/c12-11(13,14)10-15-4-8(21-10)6-2-1-5(9(17)18)3-7(6)16(19)20/h1-4H,(H,17,18). The number of thiazole rings is 1. The highest BCUT2D eigenvalue weighted by atomic mass is 32.1. The average molecular weight is 318 g/mol. The maximum Gasteiger partial charge on any atom is 0.443 e. The summed E-state index contributed by atoms with van der Waals surface area (Å²) in [4.78, 5) is 24.0. The number of benzene rings is 1. The summed E-state index contributed by atoms with van der Waals surface area (Å²) >= 11 is 0.251. The van der Waals surface area contributed by atoms with E-state index in [-0.39, 0.29) is 27.3 Å². The molecular formula is C11H5F3N2O4S. The predicted molar refractivity (Wildman–Crippen MR) is 66.2 cm³/mol. The number of carboxylic acid groups (broad SMARTS) is 1. The molecule has 6 nitrogen and oxygen atoms in total. The highest BCUT2D eigenvalue weighted by molar-refractivity contribution is 7.15. The van der Waals surface area contributed by atoms with Gasteiger partial charge < -0.3 is 5.11 Å². The molecule has 10 heteroatoms. The fourth-order valence-electron chi connectivity index (χ4n) is 1.55. The third-order valence-corrected chi connectivity index (χ3v) is 3.53. The van der Waals surface area contributed by atoms with E-state index >= 15 is 0 Å². The average Bonchev–Trinajstić information content (AvgIpc) is 2.87. The minimum Gasteiger partial charge on any atom is -0.478 e. The maximum absolute atomic E-state index is 12.5. The van der Waals surface area contributed by atoms with Crippen molar-refractivity contribution in [1.29, 1.82) is 0 Å². The molecular weight excluding hydrogens is 313 g/mol. The minimum absolute atomic E-state index is 0.0639. The number of alkyl halides is 3. The SMILES string of the molecule is O=C(O)c1ccc(-c2cnc(C(F)(F)F)s2)c([N+](=O)[O-])c1. The van der Waals surface area contributed by atoms with E-state index in [1.165, 1.54) is 0 Å². The molecule has 0 atom stereocenters. The van der Waals surface area contributed by atoms with Gasteiger partial charge in [-0.2, -0.15) is 13.2 Å². The fourth-order valence-corrected chi connectivity index (χ4v) is 2.37. The van der Waals surface area contributed by atoms with E-state index in [2.05, 4.69) is 4.98 Å². The zero-order chi connectivity index (χ0) is 15.8. The van der Waals surface area contributed by atoms with Crippen LogP contribution < -0.4 is 0 Å². The Labute approximate surface area is 118 Å². The molecule has 0 radical (unpaired) electrons. The van der Waals surface area contributed by atoms with Crippen molar-refractivity contribution in [3.8, 4) is 10.4 Å². The van der Waals surface area contributed by atoms with Gasteiger partial charge in [-0.1, -0.05) is 0 Å². The Hall–Kier alpha value is -2.49. The third kappa shape index (κ3) is 2.99. The molecule has 2 aromatic rings. The van der Waals surface area contributed by atoms with Gasteiger partial charge in [-0.15, -0.1) is 11.3 Å². The molecule has 1 N–H and O–H groups in total. The Balaban J connectivity index is 2.56. The monoisotopic (exact) mass is 318 g/mol. The summed E-state index contributed by atoms with van der Waals surface area (Å²) in [5, 5.41) is 18.6. The van der Waals surface area contributed by atoms with Crippen LogP contribution in [-0.2, 0) is 6.18 Å². The predicted octanol–water partition coefficient (Wildman–Crippen LogP) is 3.44. The van der Waals surface area contributed by atoms with Crippen molar-refractivity contribution in [1.82, 2.24) is 4.98 Å². The molecule has 1 heterocycles. The zero-order valence-corrected chi connectivity index (χ0v) is 10.7. The molecule has 0 spiro atoms. The summed E-state index contributed by atoms with van der Waals surface area (Å²) in [5.74, 6) is -1.37. The van der Waals surface area contributed by atoms with E-state index < -0.39 is 27.8 Å². The number of nitrogens with zero attached hydrogens (tertiary/aromatic N) is 2. The zero-order valence-electron chi connectivity index (χ0n) is 9.92. The summed E-state index contributed by atoms with van der Waals surface area (Å²) in [6.07, 6.45) is -3.77. The van der Waals surface area contributed by atoms with Crippen LogP contribution in [0, 0.1) is 10.1 Å². The first-order valence-corrected chi connectivity index (χ1v) is 6.07. The largest absolute Gasteiger partial charge is 0.478 e. The fraction of sp³-hybridized carbons (Fsp3) is 0.0909. The smallest absolute Gasteiger partial charge is 0.443 e. The molecule has 0 saturated carbocycles. The first-order chi connectivity index (χ1) is 9.70. The second-order valence-corrected chi connectivity index (χ2v) is 4.85. The van der Waals surface area contributed by atoms with Gasteiger partial charge in [0.2, 0.25) is 0 Å². The van der Waals surface area contributed by atoms with Gasteiger partial charge in [0.15, 0.2) is 5.01 Å².